The number of nitrogens with zero attached hydrogens (tertiary/aromatic N) is 1. The molecule has 0 spiro atoms. The minimum Gasteiger partial charge on any atom is -0.493 e. The van der Waals surface area contributed by atoms with Gasteiger partial charge in [-0.3, -0.25) is 4.90 Å². The Labute approximate surface area is 174 Å². The van der Waals surface area contributed by atoms with Crippen LogP contribution in [0.25, 0.3) is 0 Å². The van der Waals surface area contributed by atoms with Crippen molar-refractivity contribution >= 4 is 28.3 Å². The SMILES string of the molecule is COc1ccccc1OCC(O)CN1CCOC(c2cccc(Br)c2)C1.Cl. The first kappa shape index (κ1) is 22.0. The third kappa shape index (κ3) is 6.36. The monoisotopic (exact) mass is 457 g/mol. The van der Waals surface area contributed by atoms with E-state index < -0.39 is 6.10 Å². The summed E-state index contributed by atoms with van der Waals surface area (Å²) in [5, 5.41) is 10.4. The van der Waals surface area contributed by atoms with Gasteiger partial charge in [-0.1, -0.05) is 40.2 Å². The molecule has 0 saturated carbocycles. The number of hydrogen-bond acceptors (Lipinski definition) is 5. The van der Waals surface area contributed by atoms with Crippen LogP contribution in [0.4, 0.5) is 0 Å². The van der Waals surface area contributed by atoms with Gasteiger partial charge < -0.3 is 19.3 Å². The van der Waals surface area contributed by atoms with Crippen LogP contribution in [0.2, 0.25) is 0 Å². The molecular formula is C20H25BrClNO4. The van der Waals surface area contributed by atoms with Gasteiger partial charge in [0.05, 0.1) is 19.8 Å². The van der Waals surface area contributed by atoms with Crippen LogP contribution in [0, 0.1) is 0 Å². The summed E-state index contributed by atoms with van der Waals surface area (Å²) in [5.74, 6) is 1.31. The van der Waals surface area contributed by atoms with Crippen molar-refractivity contribution in [1.82, 2.24) is 4.90 Å². The second kappa shape index (κ2) is 10.9. The van der Waals surface area contributed by atoms with E-state index >= 15 is 0 Å². The Hall–Kier alpha value is -1.31. The Bertz CT molecular complexity index is 718. The minimum atomic E-state index is -0.582. The number of benzene rings is 2. The van der Waals surface area contributed by atoms with Crippen molar-refractivity contribution in [2.45, 2.75) is 12.2 Å². The van der Waals surface area contributed by atoms with Crippen LogP contribution < -0.4 is 9.47 Å². The largest absolute Gasteiger partial charge is 0.493 e. The smallest absolute Gasteiger partial charge is 0.161 e. The summed E-state index contributed by atoms with van der Waals surface area (Å²) in [6.07, 6.45) is -0.565. The number of aliphatic hydroxyl groups is 1. The molecule has 0 bridgehead atoms. The van der Waals surface area contributed by atoms with Crippen LogP contribution in [0.15, 0.2) is 53.0 Å². The standard InChI is InChI=1S/C20H24BrNO4.ClH/c1-24-18-7-2-3-8-19(18)26-14-17(23)12-22-9-10-25-20(13-22)15-5-4-6-16(21)11-15;/h2-8,11,17,20,23H,9-10,12-14H2,1H3;1H. The number of halogens is 2. The zero-order valence-corrected chi connectivity index (χ0v) is 17.6. The predicted octanol–water partition coefficient (Wildman–Crippen LogP) is 3.69. The topological polar surface area (TPSA) is 51.2 Å². The van der Waals surface area contributed by atoms with Gasteiger partial charge in [-0.25, -0.2) is 0 Å². The zero-order valence-electron chi connectivity index (χ0n) is 15.2. The molecule has 1 N–H and O–H groups in total. The highest BCUT2D eigenvalue weighted by Crippen LogP contribution is 2.27. The summed E-state index contributed by atoms with van der Waals surface area (Å²) in [7, 11) is 1.61. The second-order valence-electron chi connectivity index (χ2n) is 6.29. The van der Waals surface area contributed by atoms with E-state index in [0.717, 1.165) is 23.1 Å². The summed E-state index contributed by atoms with van der Waals surface area (Å²) in [5.41, 5.74) is 1.14. The molecular weight excluding hydrogens is 434 g/mol. The molecule has 1 aliphatic heterocycles. The molecule has 0 aliphatic carbocycles. The van der Waals surface area contributed by atoms with Gasteiger partial charge in [0.2, 0.25) is 0 Å². The third-order valence-electron chi connectivity index (χ3n) is 4.34. The first-order valence-electron chi connectivity index (χ1n) is 8.69. The third-order valence-corrected chi connectivity index (χ3v) is 4.83. The maximum atomic E-state index is 10.4. The molecule has 27 heavy (non-hydrogen) atoms. The molecule has 2 aromatic carbocycles. The van der Waals surface area contributed by atoms with Crippen LogP contribution in [-0.2, 0) is 4.74 Å². The minimum absolute atomic E-state index is 0. The fourth-order valence-electron chi connectivity index (χ4n) is 3.05. The quantitative estimate of drug-likeness (QED) is 0.686. The van der Waals surface area contributed by atoms with Crippen LogP contribution in [0.1, 0.15) is 11.7 Å². The van der Waals surface area contributed by atoms with E-state index in [9.17, 15) is 5.11 Å². The van der Waals surface area contributed by atoms with Gasteiger partial charge in [-0.2, -0.15) is 0 Å². The fraction of sp³-hybridized carbons (Fsp3) is 0.400. The lowest BCUT2D eigenvalue weighted by atomic mass is 10.1. The van der Waals surface area contributed by atoms with Crippen LogP contribution in [0.3, 0.4) is 0 Å². The summed E-state index contributed by atoms with van der Waals surface area (Å²) in [6, 6.07) is 15.6. The van der Waals surface area contributed by atoms with E-state index in [1.54, 1.807) is 7.11 Å². The summed E-state index contributed by atoms with van der Waals surface area (Å²) in [4.78, 5) is 2.21. The van der Waals surface area contributed by atoms with E-state index in [1.807, 2.05) is 36.4 Å². The number of rotatable bonds is 7. The van der Waals surface area contributed by atoms with Crippen molar-refractivity contribution in [2.75, 3.05) is 40.0 Å². The molecule has 0 radical (unpaired) electrons. The molecule has 2 aromatic rings. The van der Waals surface area contributed by atoms with Gasteiger partial charge in [-0.05, 0) is 29.8 Å². The lowest BCUT2D eigenvalue weighted by molar-refractivity contribution is -0.0460. The van der Waals surface area contributed by atoms with Gasteiger partial charge in [0, 0.05) is 24.1 Å². The number of methoxy groups -OCH3 is 1. The molecule has 5 nitrogen and oxygen atoms in total. The van der Waals surface area contributed by atoms with E-state index in [-0.39, 0.29) is 25.1 Å². The van der Waals surface area contributed by atoms with Gasteiger partial charge in [0.1, 0.15) is 12.7 Å². The van der Waals surface area contributed by atoms with Gasteiger partial charge >= 0.3 is 0 Å². The highest BCUT2D eigenvalue weighted by molar-refractivity contribution is 9.10. The Morgan fingerprint density at radius 3 is 2.74 bits per heavy atom. The van der Waals surface area contributed by atoms with Crippen molar-refractivity contribution < 1.29 is 19.3 Å². The van der Waals surface area contributed by atoms with Crippen LogP contribution in [0.5, 0.6) is 11.5 Å². The van der Waals surface area contributed by atoms with Crippen molar-refractivity contribution in [3.8, 4) is 11.5 Å². The molecule has 1 fully saturated rings. The Kier molecular flexibility index (Phi) is 8.86. The number of para-hydroxylation sites is 2. The highest BCUT2D eigenvalue weighted by Gasteiger charge is 2.24. The second-order valence-corrected chi connectivity index (χ2v) is 7.21. The van der Waals surface area contributed by atoms with Gasteiger partial charge in [0.25, 0.3) is 0 Å². The molecule has 148 valence electrons. The Morgan fingerprint density at radius 1 is 1.22 bits per heavy atom. The van der Waals surface area contributed by atoms with Crippen LogP contribution >= 0.6 is 28.3 Å². The average molecular weight is 459 g/mol. The van der Waals surface area contributed by atoms with Gasteiger partial charge in [0.15, 0.2) is 11.5 Å². The Morgan fingerprint density at radius 2 is 2.00 bits per heavy atom. The molecule has 2 atom stereocenters. The fourth-order valence-corrected chi connectivity index (χ4v) is 3.47. The molecule has 0 amide bonds. The molecule has 1 heterocycles. The van der Waals surface area contributed by atoms with Crippen molar-refractivity contribution in [2.24, 2.45) is 0 Å². The lowest BCUT2D eigenvalue weighted by Crippen LogP contribution is -2.43. The average Bonchev–Trinajstić information content (AvgIpc) is 2.67. The molecule has 0 aromatic heterocycles. The van der Waals surface area contributed by atoms with Crippen molar-refractivity contribution in [1.29, 1.82) is 0 Å². The maximum Gasteiger partial charge on any atom is 0.161 e. The number of hydrogen-bond donors (Lipinski definition) is 1. The maximum absolute atomic E-state index is 10.4. The molecule has 7 heteroatoms. The first-order chi connectivity index (χ1) is 12.7. The van der Waals surface area contributed by atoms with E-state index in [0.29, 0.717) is 24.7 Å². The summed E-state index contributed by atoms with van der Waals surface area (Å²) in [6.45, 7) is 2.97. The lowest BCUT2D eigenvalue weighted by Gasteiger charge is -2.34. The molecule has 2 unspecified atom stereocenters. The number of morpholine rings is 1. The van der Waals surface area contributed by atoms with Crippen molar-refractivity contribution in [3.05, 3.63) is 58.6 Å². The molecule has 3 rings (SSSR count). The van der Waals surface area contributed by atoms with E-state index in [4.69, 9.17) is 14.2 Å². The van der Waals surface area contributed by atoms with E-state index in [1.165, 1.54) is 0 Å². The van der Waals surface area contributed by atoms with Crippen LogP contribution in [-0.4, -0.2) is 56.1 Å². The number of aliphatic hydroxyl groups excluding tert-OH is 1. The highest BCUT2D eigenvalue weighted by atomic mass is 79.9. The zero-order chi connectivity index (χ0) is 18.4. The normalized spacial score (nSPS) is 18.4. The van der Waals surface area contributed by atoms with Gasteiger partial charge in [-0.15, -0.1) is 12.4 Å². The van der Waals surface area contributed by atoms with Crippen molar-refractivity contribution in [3.63, 3.8) is 0 Å². The molecule has 1 aliphatic rings. The Balaban J connectivity index is 0.00000261. The summed E-state index contributed by atoms with van der Waals surface area (Å²) < 4.78 is 17.9. The molecule has 1 saturated heterocycles. The number of ether oxygens (including phenoxy) is 3. The van der Waals surface area contributed by atoms with E-state index in [2.05, 4.69) is 33.0 Å². The summed E-state index contributed by atoms with van der Waals surface area (Å²) >= 11 is 3.50. The predicted molar refractivity (Wildman–Crippen MR) is 111 cm³/mol. The number of β-amino-alcohol motifs (C(OH)–C–C–N with tert-alkyl or cyclic N) is 1. The first-order valence-corrected chi connectivity index (χ1v) is 9.48.